The van der Waals surface area contributed by atoms with Gasteiger partial charge in [-0.1, -0.05) is 20.3 Å². The molecule has 3 N–H and O–H groups in total. The van der Waals surface area contributed by atoms with Crippen LogP contribution >= 0.6 is 0 Å². The molecule has 0 aromatic heterocycles. The van der Waals surface area contributed by atoms with Crippen LogP contribution in [0.4, 0.5) is 14.4 Å². The summed E-state index contributed by atoms with van der Waals surface area (Å²) in [7, 11) is 7.08. The minimum Gasteiger partial charge on any atom is -0.444 e. The highest BCUT2D eigenvalue weighted by Crippen LogP contribution is 2.20. The van der Waals surface area contributed by atoms with Gasteiger partial charge in [0.25, 0.3) is 0 Å². The lowest BCUT2D eigenvalue weighted by Gasteiger charge is -2.27. The van der Waals surface area contributed by atoms with Gasteiger partial charge in [-0.3, -0.25) is 0 Å². The van der Waals surface area contributed by atoms with E-state index < -0.39 is 35.2 Å². The van der Waals surface area contributed by atoms with E-state index in [0.717, 1.165) is 51.6 Å². The zero-order valence-electron chi connectivity index (χ0n) is 35.0. The number of aliphatic hydroxyl groups excluding tert-OH is 3. The number of likely N-dealkylation sites (tertiary alicyclic amines) is 2. The number of hydrogen-bond acceptors (Lipinski definition) is 14. The maximum Gasteiger partial charge on any atom is 0.519 e. The second-order valence-electron chi connectivity index (χ2n) is 16.8. The first-order valence-electron chi connectivity index (χ1n) is 18.8. The third kappa shape index (κ3) is 29.1. The van der Waals surface area contributed by atoms with Gasteiger partial charge in [-0.2, -0.15) is 0 Å². The van der Waals surface area contributed by atoms with Gasteiger partial charge in [0.1, 0.15) is 16.8 Å². The molecule has 15 nitrogen and oxygen atoms in total. The molecule has 1 amide bonds. The minimum absolute atomic E-state index is 0. The van der Waals surface area contributed by atoms with Gasteiger partial charge in [0, 0.05) is 53.8 Å². The van der Waals surface area contributed by atoms with Crippen molar-refractivity contribution < 1.29 is 62.9 Å². The summed E-state index contributed by atoms with van der Waals surface area (Å²) in [4.78, 5) is 37.7. The average molecular weight is 783 g/mol. The zero-order valence-corrected chi connectivity index (χ0v) is 35.0. The Labute approximate surface area is 326 Å². The normalized spacial score (nSPS) is 25.4. The van der Waals surface area contributed by atoms with Crippen LogP contribution in [0, 0.1) is 0 Å². The van der Waals surface area contributed by atoms with E-state index >= 15 is 0 Å². The van der Waals surface area contributed by atoms with E-state index in [9.17, 15) is 29.7 Å². The monoisotopic (exact) mass is 783 g/mol. The Bertz CT molecular complexity index is 988. The first kappa shape index (κ1) is 53.8. The number of amides is 1. The molecule has 2 aliphatic heterocycles. The highest BCUT2D eigenvalue weighted by atomic mass is 16.8. The molecule has 6 unspecified atom stereocenters. The molecular formula is C39H78N2O13. The summed E-state index contributed by atoms with van der Waals surface area (Å²) in [5, 5.41) is 28.4. The standard InChI is InChI=1S/C12H23NO4.C10H18O5.C8H17NO2.C8H16O2.CH4/c1-12(2,3)17-11(15)13-6-5-9(14)7-10(8-13)16-4;1-9(2,3)14-7(11)13-8(12)15-10(4,5)6;1-9-4-3-7(10)5-8(6-9)11-2;1-10-8-5-3-2-4-7(9)6-8;/h9-10,14H,5-8H2,1-4H3;1-6H3;7-8,10H,3-6H2,1-2H3;7-9H,2-6H2,1H3;1H4. The molecule has 1 aliphatic carbocycles. The topological polar surface area (TPSA) is 183 Å². The number of nitrogens with zero attached hydrogens (tertiary/aromatic N) is 2. The Morgan fingerprint density at radius 1 is 0.556 bits per heavy atom. The molecule has 2 saturated heterocycles. The molecular weight excluding hydrogens is 704 g/mol. The fraction of sp³-hybridized carbons (Fsp3) is 0.923. The van der Waals surface area contributed by atoms with E-state index in [4.69, 9.17) is 28.4 Å². The smallest absolute Gasteiger partial charge is 0.444 e. The number of likely N-dealkylation sites (N-methyl/N-ethyl adjacent to an activating group) is 1. The maximum absolute atomic E-state index is 11.9. The summed E-state index contributed by atoms with van der Waals surface area (Å²) in [5.74, 6) is 0. The molecule has 6 atom stereocenters. The van der Waals surface area contributed by atoms with Crippen molar-refractivity contribution in [2.45, 2.75) is 181 Å². The summed E-state index contributed by atoms with van der Waals surface area (Å²) in [6.45, 7) is 18.4. The van der Waals surface area contributed by atoms with Gasteiger partial charge in [-0.25, -0.2) is 14.4 Å². The van der Waals surface area contributed by atoms with Crippen molar-refractivity contribution in [3.05, 3.63) is 0 Å². The summed E-state index contributed by atoms with van der Waals surface area (Å²) in [6.07, 6.45) is 5.27. The van der Waals surface area contributed by atoms with Crippen LogP contribution in [0.3, 0.4) is 0 Å². The maximum atomic E-state index is 11.9. The van der Waals surface area contributed by atoms with E-state index in [2.05, 4.69) is 16.7 Å². The van der Waals surface area contributed by atoms with E-state index in [-0.39, 0.29) is 37.9 Å². The van der Waals surface area contributed by atoms with Gasteiger partial charge in [0.2, 0.25) is 0 Å². The van der Waals surface area contributed by atoms with Crippen LogP contribution in [0.25, 0.3) is 0 Å². The highest BCUT2D eigenvalue weighted by Gasteiger charge is 2.29. The Morgan fingerprint density at radius 3 is 1.39 bits per heavy atom. The van der Waals surface area contributed by atoms with Gasteiger partial charge < -0.3 is 58.3 Å². The first-order chi connectivity index (χ1) is 24.4. The van der Waals surface area contributed by atoms with Crippen LogP contribution < -0.4 is 0 Å². The minimum atomic E-state index is -1.06. The van der Waals surface area contributed by atoms with Gasteiger partial charge in [0.15, 0.2) is 0 Å². The van der Waals surface area contributed by atoms with E-state index in [1.54, 1.807) is 67.8 Å². The Balaban J connectivity index is 0. The molecule has 3 rings (SSSR count). The molecule has 1 saturated carbocycles. The van der Waals surface area contributed by atoms with Crippen molar-refractivity contribution in [2.24, 2.45) is 0 Å². The van der Waals surface area contributed by atoms with Crippen LogP contribution in [-0.4, -0.2) is 152 Å². The quantitative estimate of drug-likeness (QED) is 0.125. The predicted octanol–water partition coefficient (Wildman–Crippen LogP) is 6.32. The van der Waals surface area contributed by atoms with E-state index in [1.807, 2.05) is 20.8 Å². The van der Waals surface area contributed by atoms with Crippen molar-refractivity contribution in [3.8, 4) is 0 Å². The molecule has 0 bridgehead atoms. The van der Waals surface area contributed by atoms with Crippen molar-refractivity contribution in [3.63, 3.8) is 0 Å². The fourth-order valence-corrected chi connectivity index (χ4v) is 5.39. The summed E-state index contributed by atoms with van der Waals surface area (Å²) < 4.78 is 34.7. The van der Waals surface area contributed by atoms with Crippen LogP contribution in [0.15, 0.2) is 0 Å². The number of aliphatic hydroxyl groups is 3. The number of carbonyl (C=O) groups is 3. The largest absolute Gasteiger partial charge is 0.519 e. The molecule has 0 radical (unpaired) electrons. The molecule has 322 valence electrons. The zero-order chi connectivity index (χ0) is 41.0. The highest BCUT2D eigenvalue weighted by molar-refractivity contribution is 5.77. The van der Waals surface area contributed by atoms with Crippen molar-refractivity contribution in [1.29, 1.82) is 0 Å². The second kappa shape index (κ2) is 26.6. The second-order valence-corrected chi connectivity index (χ2v) is 16.8. The van der Waals surface area contributed by atoms with Crippen LogP contribution in [0.1, 0.15) is 128 Å². The summed E-state index contributed by atoms with van der Waals surface area (Å²) in [5.41, 5.74) is -1.89. The number of rotatable bonds is 3. The van der Waals surface area contributed by atoms with Crippen LogP contribution in [0.5, 0.6) is 0 Å². The van der Waals surface area contributed by atoms with Gasteiger partial charge in [-0.15, -0.1) is 0 Å². The average Bonchev–Trinajstić information content (AvgIpc) is 3.41. The molecule has 15 heteroatoms. The third-order valence-corrected chi connectivity index (χ3v) is 8.03. The SMILES string of the molecule is C.CC(C)(C)OC(=O)OC(=O)OC(C)(C)C.COC1CC(O)CCN(C(=O)OC(C)(C)C)C1.COC1CC(O)CCN(C)C1.COC1CCCCC(O)C1. The fourth-order valence-electron chi connectivity index (χ4n) is 5.39. The Kier molecular flexibility index (Phi) is 26.5. The third-order valence-electron chi connectivity index (χ3n) is 8.03. The number of hydrogen-bond donors (Lipinski definition) is 3. The molecule has 3 fully saturated rings. The van der Waals surface area contributed by atoms with Gasteiger partial charge in [-0.05, 0) is 101 Å². The van der Waals surface area contributed by atoms with Crippen molar-refractivity contribution in [1.82, 2.24) is 9.80 Å². The lowest BCUT2D eigenvalue weighted by Crippen LogP contribution is -2.40. The Hall–Kier alpha value is -2.27. The molecule has 54 heavy (non-hydrogen) atoms. The Morgan fingerprint density at radius 2 is 0.944 bits per heavy atom. The van der Waals surface area contributed by atoms with Crippen LogP contribution in [-0.2, 0) is 33.2 Å². The number of carbonyl (C=O) groups excluding carboxylic acids is 3. The van der Waals surface area contributed by atoms with Gasteiger partial charge in [0.05, 0.1) is 43.2 Å². The van der Waals surface area contributed by atoms with Crippen molar-refractivity contribution >= 4 is 18.4 Å². The van der Waals surface area contributed by atoms with E-state index in [0.29, 0.717) is 32.0 Å². The van der Waals surface area contributed by atoms with E-state index in [1.165, 1.54) is 6.42 Å². The summed E-state index contributed by atoms with van der Waals surface area (Å²) in [6, 6.07) is 0. The molecule has 3 aliphatic rings. The lowest BCUT2D eigenvalue weighted by atomic mass is 10.1. The van der Waals surface area contributed by atoms with Gasteiger partial charge >= 0.3 is 18.4 Å². The number of methoxy groups -OCH3 is 3. The predicted molar refractivity (Wildman–Crippen MR) is 208 cm³/mol. The molecule has 0 aromatic carbocycles. The first-order valence-corrected chi connectivity index (χ1v) is 18.8. The lowest BCUT2D eigenvalue weighted by molar-refractivity contribution is -0.0294. The summed E-state index contributed by atoms with van der Waals surface area (Å²) >= 11 is 0. The van der Waals surface area contributed by atoms with Crippen LogP contribution in [0.2, 0.25) is 0 Å². The number of ether oxygens (including phenoxy) is 7. The molecule has 2 heterocycles. The van der Waals surface area contributed by atoms with Crippen molar-refractivity contribution in [2.75, 3.05) is 54.6 Å². The molecule has 0 aromatic rings. The molecule has 0 spiro atoms.